The lowest BCUT2D eigenvalue weighted by Crippen LogP contribution is -2.34. The molecule has 0 aromatic heterocycles. The van der Waals surface area contributed by atoms with Gasteiger partial charge in [0, 0.05) is 18.6 Å². The van der Waals surface area contributed by atoms with E-state index in [4.69, 9.17) is 4.74 Å². The van der Waals surface area contributed by atoms with Crippen molar-refractivity contribution in [2.75, 3.05) is 6.61 Å². The molecule has 1 saturated heterocycles. The number of benzene rings is 2. The van der Waals surface area contributed by atoms with Crippen LogP contribution in [0, 0.1) is 10.1 Å². The predicted molar refractivity (Wildman–Crippen MR) is 93.5 cm³/mol. The highest BCUT2D eigenvalue weighted by Crippen LogP contribution is 2.31. The molecule has 2 aromatic rings. The highest BCUT2D eigenvalue weighted by Gasteiger charge is 2.39. The number of nitrogens with zero attached hydrogens (tertiary/aromatic N) is 2. The van der Waals surface area contributed by atoms with Crippen LogP contribution in [0.2, 0.25) is 0 Å². The minimum absolute atomic E-state index is 0.0236. The van der Waals surface area contributed by atoms with Gasteiger partial charge in [-0.3, -0.25) is 14.9 Å². The van der Waals surface area contributed by atoms with Gasteiger partial charge in [-0.1, -0.05) is 49.4 Å². The molecular weight excluding hydrogens is 336 g/mol. The SMILES string of the molecule is CC(CC(=O)N1C(=O)OCC1c1ccccc1)c1cccc([N+](=O)[O-])c1. The topological polar surface area (TPSA) is 89.8 Å². The van der Waals surface area contributed by atoms with Gasteiger partial charge in [0.2, 0.25) is 5.91 Å². The van der Waals surface area contributed by atoms with Crippen molar-refractivity contribution in [1.82, 2.24) is 4.90 Å². The van der Waals surface area contributed by atoms with E-state index < -0.39 is 17.1 Å². The second kappa shape index (κ2) is 7.35. The van der Waals surface area contributed by atoms with Crippen molar-refractivity contribution in [1.29, 1.82) is 0 Å². The van der Waals surface area contributed by atoms with Crippen molar-refractivity contribution < 1.29 is 19.2 Å². The van der Waals surface area contributed by atoms with E-state index in [1.807, 2.05) is 30.3 Å². The largest absolute Gasteiger partial charge is 0.446 e. The first-order valence-electron chi connectivity index (χ1n) is 8.25. The van der Waals surface area contributed by atoms with Gasteiger partial charge in [-0.15, -0.1) is 0 Å². The molecule has 0 radical (unpaired) electrons. The molecule has 0 bridgehead atoms. The molecule has 134 valence electrons. The highest BCUT2D eigenvalue weighted by molar-refractivity contribution is 5.94. The molecular formula is C19H18N2O5. The molecule has 1 aliphatic heterocycles. The number of cyclic esters (lactones) is 1. The monoisotopic (exact) mass is 354 g/mol. The number of nitro groups is 1. The highest BCUT2D eigenvalue weighted by atomic mass is 16.6. The van der Waals surface area contributed by atoms with Gasteiger partial charge in [0.15, 0.2) is 0 Å². The molecule has 2 atom stereocenters. The molecule has 7 nitrogen and oxygen atoms in total. The minimum Gasteiger partial charge on any atom is -0.446 e. The van der Waals surface area contributed by atoms with Crippen molar-refractivity contribution in [3.63, 3.8) is 0 Å². The molecule has 1 heterocycles. The maximum atomic E-state index is 12.7. The lowest BCUT2D eigenvalue weighted by atomic mass is 9.96. The maximum absolute atomic E-state index is 12.7. The van der Waals surface area contributed by atoms with Crippen molar-refractivity contribution in [2.45, 2.75) is 25.3 Å². The number of nitro benzene ring substituents is 1. The zero-order chi connectivity index (χ0) is 18.7. The minimum atomic E-state index is -0.657. The van der Waals surface area contributed by atoms with Crippen LogP contribution in [0.1, 0.15) is 36.4 Å². The fraction of sp³-hybridized carbons (Fsp3) is 0.263. The number of carbonyl (C=O) groups is 2. The lowest BCUT2D eigenvalue weighted by Gasteiger charge is -2.21. The molecule has 2 amide bonds. The number of non-ortho nitro benzene ring substituents is 1. The summed E-state index contributed by atoms with van der Waals surface area (Å²) in [5, 5.41) is 10.9. The van der Waals surface area contributed by atoms with Gasteiger partial charge in [0.05, 0.1) is 4.92 Å². The molecule has 1 aliphatic rings. The Balaban J connectivity index is 1.76. The third-order valence-electron chi connectivity index (χ3n) is 4.46. The first kappa shape index (κ1) is 17.6. The molecule has 0 aliphatic carbocycles. The second-order valence-corrected chi connectivity index (χ2v) is 6.22. The molecule has 0 saturated carbocycles. The Morgan fingerprint density at radius 1 is 1.27 bits per heavy atom. The molecule has 2 aromatic carbocycles. The van der Waals surface area contributed by atoms with Crippen LogP contribution in [0.25, 0.3) is 0 Å². The van der Waals surface area contributed by atoms with E-state index in [0.29, 0.717) is 5.56 Å². The number of hydrogen-bond acceptors (Lipinski definition) is 5. The van der Waals surface area contributed by atoms with E-state index in [1.54, 1.807) is 19.1 Å². The Bertz CT molecular complexity index is 837. The van der Waals surface area contributed by atoms with Crippen molar-refractivity contribution in [3.8, 4) is 0 Å². The summed E-state index contributed by atoms with van der Waals surface area (Å²) in [6, 6.07) is 15.0. The lowest BCUT2D eigenvalue weighted by molar-refractivity contribution is -0.384. The number of ether oxygens (including phenoxy) is 1. The summed E-state index contributed by atoms with van der Waals surface area (Å²) in [5.74, 6) is -0.632. The zero-order valence-electron chi connectivity index (χ0n) is 14.2. The first-order valence-corrected chi connectivity index (χ1v) is 8.25. The molecule has 0 N–H and O–H groups in total. The molecule has 1 fully saturated rings. The van der Waals surface area contributed by atoms with Crippen LogP contribution >= 0.6 is 0 Å². The third-order valence-corrected chi connectivity index (χ3v) is 4.46. The summed E-state index contributed by atoms with van der Waals surface area (Å²) in [6.07, 6.45) is -0.602. The van der Waals surface area contributed by atoms with Crippen LogP contribution in [-0.2, 0) is 9.53 Å². The standard InChI is InChI=1S/C19H18N2O5/c1-13(15-8-5-9-16(11-15)21(24)25)10-18(22)20-17(12-26-19(20)23)14-6-3-2-4-7-14/h2-9,11,13,17H,10,12H2,1H3. The van der Waals surface area contributed by atoms with Gasteiger partial charge in [-0.25, -0.2) is 9.69 Å². The normalized spacial score (nSPS) is 17.7. The Morgan fingerprint density at radius 3 is 2.69 bits per heavy atom. The fourth-order valence-corrected chi connectivity index (χ4v) is 3.04. The van der Waals surface area contributed by atoms with E-state index >= 15 is 0 Å². The van der Waals surface area contributed by atoms with Crippen LogP contribution < -0.4 is 0 Å². The summed E-state index contributed by atoms with van der Waals surface area (Å²) >= 11 is 0. The van der Waals surface area contributed by atoms with Crippen molar-refractivity contribution in [3.05, 3.63) is 75.8 Å². The van der Waals surface area contributed by atoms with Crippen LogP contribution in [0.5, 0.6) is 0 Å². The van der Waals surface area contributed by atoms with Gasteiger partial charge < -0.3 is 4.74 Å². The number of carbonyl (C=O) groups excluding carboxylic acids is 2. The number of rotatable bonds is 5. The average molecular weight is 354 g/mol. The Kier molecular flexibility index (Phi) is 4.97. The summed E-state index contributed by atoms with van der Waals surface area (Å²) in [7, 11) is 0. The smallest absolute Gasteiger partial charge is 0.417 e. The van der Waals surface area contributed by atoms with E-state index in [1.165, 1.54) is 12.1 Å². The Morgan fingerprint density at radius 2 is 2.00 bits per heavy atom. The first-order chi connectivity index (χ1) is 12.5. The van der Waals surface area contributed by atoms with Crippen molar-refractivity contribution >= 4 is 17.7 Å². The molecule has 3 rings (SSSR count). The number of hydrogen-bond donors (Lipinski definition) is 0. The molecule has 0 spiro atoms. The van der Waals surface area contributed by atoms with E-state index in [0.717, 1.165) is 10.5 Å². The van der Waals surface area contributed by atoms with Gasteiger partial charge >= 0.3 is 6.09 Å². The molecule has 2 unspecified atom stereocenters. The second-order valence-electron chi connectivity index (χ2n) is 6.22. The summed E-state index contributed by atoms with van der Waals surface area (Å²) in [6.45, 7) is 1.93. The van der Waals surface area contributed by atoms with Crippen LogP contribution in [0.3, 0.4) is 0 Å². The summed E-state index contributed by atoms with van der Waals surface area (Å²) < 4.78 is 5.07. The van der Waals surface area contributed by atoms with Crippen molar-refractivity contribution in [2.24, 2.45) is 0 Å². The Labute approximate surface area is 150 Å². The van der Waals surface area contributed by atoms with Gasteiger partial charge in [0.1, 0.15) is 12.6 Å². The number of imide groups is 1. The molecule has 26 heavy (non-hydrogen) atoms. The van der Waals surface area contributed by atoms with Crippen LogP contribution in [-0.4, -0.2) is 28.4 Å². The van der Waals surface area contributed by atoms with Gasteiger partial charge in [-0.2, -0.15) is 0 Å². The van der Waals surface area contributed by atoms with Crippen LogP contribution in [0.15, 0.2) is 54.6 Å². The molecule has 7 heteroatoms. The Hall–Kier alpha value is -3.22. The summed E-state index contributed by atoms with van der Waals surface area (Å²) in [5.41, 5.74) is 1.48. The quantitative estimate of drug-likeness (QED) is 0.601. The van der Waals surface area contributed by atoms with E-state index in [-0.39, 0.29) is 30.5 Å². The third kappa shape index (κ3) is 3.56. The van der Waals surface area contributed by atoms with Gasteiger partial charge in [-0.05, 0) is 17.0 Å². The summed E-state index contributed by atoms with van der Waals surface area (Å²) in [4.78, 5) is 36.4. The maximum Gasteiger partial charge on any atom is 0.417 e. The van der Waals surface area contributed by atoms with E-state index in [2.05, 4.69) is 0 Å². The van der Waals surface area contributed by atoms with E-state index in [9.17, 15) is 19.7 Å². The average Bonchev–Trinajstić information content (AvgIpc) is 3.04. The zero-order valence-corrected chi connectivity index (χ0v) is 14.2. The fourth-order valence-electron chi connectivity index (χ4n) is 3.04. The van der Waals surface area contributed by atoms with Crippen LogP contribution in [0.4, 0.5) is 10.5 Å². The predicted octanol–water partition coefficient (Wildman–Crippen LogP) is 3.81. The van der Waals surface area contributed by atoms with Gasteiger partial charge in [0.25, 0.3) is 5.69 Å². The number of amides is 2.